The highest BCUT2D eigenvalue weighted by molar-refractivity contribution is 6.30. The molecule has 1 heterocycles. The fourth-order valence-electron chi connectivity index (χ4n) is 1.85. The van der Waals surface area contributed by atoms with E-state index in [-0.39, 0.29) is 0 Å². The molecule has 0 bridgehead atoms. The number of fused-ring (bicyclic) bond motifs is 1. The number of nitrogens with zero attached hydrogens (tertiary/aromatic N) is 1. The Morgan fingerprint density at radius 2 is 1.53 bits per heavy atom. The molecule has 0 aliphatic carbocycles. The third kappa shape index (κ3) is 2.02. The Balaban J connectivity index is 2.14. The molecule has 0 radical (unpaired) electrons. The fourth-order valence-corrected chi connectivity index (χ4v) is 1.97. The molecule has 1 aromatic heterocycles. The molecule has 0 atom stereocenters. The van der Waals surface area contributed by atoms with Crippen LogP contribution in [0.3, 0.4) is 0 Å². The summed E-state index contributed by atoms with van der Waals surface area (Å²) in [4.78, 5) is 4.63. The summed E-state index contributed by atoms with van der Waals surface area (Å²) in [6.07, 6.45) is 0. The van der Waals surface area contributed by atoms with E-state index < -0.39 is 0 Å². The number of halogens is 1. The molecule has 82 valence electrons. The maximum absolute atomic E-state index is 5.87. The lowest BCUT2D eigenvalue weighted by Gasteiger charge is -2.03. The Hall–Kier alpha value is -1.86. The molecule has 2 heteroatoms. The van der Waals surface area contributed by atoms with Crippen LogP contribution < -0.4 is 0 Å². The summed E-state index contributed by atoms with van der Waals surface area (Å²) in [5.74, 6) is 0. The van der Waals surface area contributed by atoms with E-state index in [2.05, 4.69) is 17.1 Å². The van der Waals surface area contributed by atoms with E-state index in [0.717, 1.165) is 27.2 Å². The van der Waals surface area contributed by atoms with Crippen LogP contribution >= 0.6 is 11.6 Å². The Labute approximate surface area is 105 Å². The number of hydrogen-bond acceptors (Lipinski definition) is 1. The van der Waals surface area contributed by atoms with Crippen molar-refractivity contribution in [1.29, 1.82) is 0 Å². The number of hydrogen-bond donors (Lipinski definition) is 0. The normalized spacial score (nSPS) is 10.6. The van der Waals surface area contributed by atoms with E-state index in [1.54, 1.807) is 0 Å². The first-order chi connectivity index (χ1) is 8.33. The highest BCUT2D eigenvalue weighted by atomic mass is 35.5. The van der Waals surface area contributed by atoms with Crippen molar-refractivity contribution in [3.63, 3.8) is 0 Å². The second-order valence-corrected chi connectivity index (χ2v) is 4.33. The molecule has 0 aliphatic rings. The topological polar surface area (TPSA) is 12.9 Å². The van der Waals surface area contributed by atoms with E-state index in [0.29, 0.717) is 0 Å². The minimum Gasteiger partial charge on any atom is -0.248 e. The van der Waals surface area contributed by atoms with Crippen LogP contribution in [0.4, 0.5) is 0 Å². The summed E-state index contributed by atoms with van der Waals surface area (Å²) in [5, 5.41) is 1.90. The molecule has 0 fully saturated rings. The number of para-hydroxylation sites is 1. The number of aromatic nitrogens is 1. The van der Waals surface area contributed by atoms with Gasteiger partial charge in [-0.05, 0) is 24.3 Å². The van der Waals surface area contributed by atoms with Crippen molar-refractivity contribution in [3.05, 3.63) is 65.7 Å². The van der Waals surface area contributed by atoms with Gasteiger partial charge < -0.3 is 0 Å². The van der Waals surface area contributed by atoms with Crippen LogP contribution in [0.1, 0.15) is 0 Å². The summed E-state index contributed by atoms with van der Waals surface area (Å²) in [6, 6.07) is 20.0. The standard InChI is InChI=1S/C15H10ClN/c16-13-8-5-12(6-9-13)15-10-7-11-3-1-2-4-14(11)17-15/h1-10H. The van der Waals surface area contributed by atoms with Crippen LogP contribution in [-0.2, 0) is 0 Å². The van der Waals surface area contributed by atoms with Crippen molar-refractivity contribution in [2.24, 2.45) is 0 Å². The van der Waals surface area contributed by atoms with Gasteiger partial charge in [0, 0.05) is 16.0 Å². The summed E-state index contributed by atoms with van der Waals surface area (Å²) >= 11 is 5.87. The third-order valence-corrected chi connectivity index (χ3v) is 2.99. The molecule has 1 nitrogen and oxygen atoms in total. The van der Waals surface area contributed by atoms with Gasteiger partial charge in [0.1, 0.15) is 0 Å². The van der Waals surface area contributed by atoms with Crippen LogP contribution in [0.15, 0.2) is 60.7 Å². The van der Waals surface area contributed by atoms with Crippen molar-refractivity contribution in [2.75, 3.05) is 0 Å². The highest BCUT2D eigenvalue weighted by Gasteiger charge is 2.00. The lowest BCUT2D eigenvalue weighted by atomic mass is 10.1. The van der Waals surface area contributed by atoms with E-state index in [4.69, 9.17) is 11.6 Å². The van der Waals surface area contributed by atoms with E-state index in [9.17, 15) is 0 Å². The van der Waals surface area contributed by atoms with Gasteiger partial charge in [0.15, 0.2) is 0 Å². The summed E-state index contributed by atoms with van der Waals surface area (Å²) in [7, 11) is 0. The molecule has 3 aromatic rings. The van der Waals surface area contributed by atoms with Crippen LogP contribution in [0, 0.1) is 0 Å². The fraction of sp³-hybridized carbons (Fsp3) is 0. The van der Waals surface area contributed by atoms with E-state index in [1.165, 1.54) is 0 Å². The zero-order chi connectivity index (χ0) is 11.7. The van der Waals surface area contributed by atoms with E-state index in [1.807, 2.05) is 48.5 Å². The summed E-state index contributed by atoms with van der Waals surface area (Å²) in [5.41, 5.74) is 3.07. The van der Waals surface area contributed by atoms with Gasteiger partial charge >= 0.3 is 0 Å². The molecule has 2 aromatic carbocycles. The Morgan fingerprint density at radius 1 is 0.765 bits per heavy atom. The molecule has 0 amide bonds. The molecular formula is C15H10ClN. The van der Waals surface area contributed by atoms with Crippen LogP contribution in [0.5, 0.6) is 0 Å². The minimum absolute atomic E-state index is 0.745. The average Bonchev–Trinajstić information content (AvgIpc) is 2.39. The Bertz CT molecular complexity index is 659. The molecule has 0 spiro atoms. The van der Waals surface area contributed by atoms with Gasteiger partial charge in [-0.15, -0.1) is 0 Å². The quantitative estimate of drug-likeness (QED) is 0.607. The van der Waals surface area contributed by atoms with Gasteiger partial charge in [0.2, 0.25) is 0 Å². The monoisotopic (exact) mass is 239 g/mol. The van der Waals surface area contributed by atoms with Gasteiger partial charge in [0.25, 0.3) is 0 Å². The van der Waals surface area contributed by atoms with Gasteiger partial charge in [-0.3, -0.25) is 0 Å². The van der Waals surface area contributed by atoms with Crippen LogP contribution in [0.25, 0.3) is 22.2 Å². The van der Waals surface area contributed by atoms with Gasteiger partial charge in [0.05, 0.1) is 11.2 Å². The first kappa shape index (κ1) is 10.3. The first-order valence-electron chi connectivity index (χ1n) is 5.45. The second-order valence-electron chi connectivity index (χ2n) is 3.90. The SMILES string of the molecule is Clc1ccc(-c2ccc3ccccc3n2)cc1. The van der Waals surface area contributed by atoms with Crippen molar-refractivity contribution in [2.45, 2.75) is 0 Å². The number of rotatable bonds is 1. The lowest BCUT2D eigenvalue weighted by Crippen LogP contribution is -1.84. The Kier molecular flexibility index (Phi) is 2.54. The zero-order valence-corrected chi connectivity index (χ0v) is 9.85. The van der Waals surface area contributed by atoms with Crippen molar-refractivity contribution < 1.29 is 0 Å². The Morgan fingerprint density at radius 3 is 2.35 bits per heavy atom. The van der Waals surface area contributed by atoms with Crippen molar-refractivity contribution >= 4 is 22.5 Å². The molecule has 0 unspecified atom stereocenters. The molecule has 0 saturated heterocycles. The average molecular weight is 240 g/mol. The van der Waals surface area contributed by atoms with Gasteiger partial charge in [-0.1, -0.05) is 48.0 Å². The minimum atomic E-state index is 0.745. The zero-order valence-electron chi connectivity index (χ0n) is 9.10. The molecule has 0 N–H and O–H groups in total. The summed E-state index contributed by atoms with van der Waals surface area (Å²) in [6.45, 7) is 0. The predicted octanol–water partition coefficient (Wildman–Crippen LogP) is 4.56. The number of benzene rings is 2. The highest BCUT2D eigenvalue weighted by Crippen LogP contribution is 2.22. The number of pyridine rings is 1. The summed E-state index contributed by atoms with van der Waals surface area (Å²) < 4.78 is 0. The van der Waals surface area contributed by atoms with Crippen LogP contribution in [0.2, 0.25) is 5.02 Å². The second kappa shape index (κ2) is 4.19. The molecule has 17 heavy (non-hydrogen) atoms. The van der Waals surface area contributed by atoms with Crippen molar-refractivity contribution in [1.82, 2.24) is 4.98 Å². The smallest absolute Gasteiger partial charge is 0.0709 e. The third-order valence-electron chi connectivity index (χ3n) is 2.74. The van der Waals surface area contributed by atoms with Crippen molar-refractivity contribution in [3.8, 4) is 11.3 Å². The maximum Gasteiger partial charge on any atom is 0.0709 e. The van der Waals surface area contributed by atoms with Gasteiger partial charge in [-0.25, -0.2) is 4.98 Å². The molecule has 0 saturated carbocycles. The van der Waals surface area contributed by atoms with Gasteiger partial charge in [-0.2, -0.15) is 0 Å². The molecule has 3 rings (SSSR count). The van der Waals surface area contributed by atoms with E-state index >= 15 is 0 Å². The van der Waals surface area contributed by atoms with Crippen LogP contribution in [-0.4, -0.2) is 4.98 Å². The maximum atomic E-state index is 5.87. The molecule has 0 aliphatic heterocycles. The predicted molar refractivity (Wildman–Crippen MR) is 72.2 cm³/mol. The first-order valence-corrected chi connectivity index (χ1v) is 5.82. The lowest BCUT2D eigenvalue weighted by molar-refractivity contribution is 1.40. The molecular weight excluding hydrogens is 230 g/mol. The largest absolute Gasteiger partial charge is 0.248 e.